The van der Waals surface area contributed by atoms with E-state index in [1.54, 1.807) is 28.8 Å². The van der Waals surface area contributed by atoms with Gasteiger partial charge in [-0.25, -0.2) is 14.6 Å². The van der Waals surface area contributed by atoms with Crippen molar-refractivity contribution in [2.24, 2.45) is 5.73 Å². The van der Waals surface area contributed by atoms with Gasteiger partial charge in [-0.05, 0) is 65.9 Å². The van der Waals surface area contributed by atoms with E-state index in [9.17, 15) is 27.9 Å². The number of aromatic nitrogens is 2. The zero-order chi connectivity index (χ0) is 27.0. The van der Waals surface area contributed by atoms with Crippen LogP contribution in [0.4, 0.5) is 23.7 Å². The summed E-state index contributed by atoms with van der Waals surface area (Å²) in [4.78, 5) is 30.4. The third kappa shape index (κ3) is 4.89. The number of hydrogen-bond donors (Lipinski definition) is 3. The fourth-order valence-electron chi connectivity index (χ4n) is 5.09. The van der Waals surface area contributed by atoms with E-state index in [0.29, 0.717) is 40.8 Å². The van der Waals surface area contributed by atoms with Crippen LogP contribution in [-0.2, 0) is 13.1 Å². The van der Waals surface area contributed by atoms with Gasteiger partial charge in [0.2, 0.25) is 0 Å². The van der Waals surface area contributed by atoms with Crippen molar-refractivity contribution in [3.8, 4) is 0 Å². The lowest BCUT2D eigenvalue weighted by Crippen LogP contribution is -2.52. The monoisotopic (exact) mass is 525 g/mol. The van der Waals surface area contributed by atoms with Gasteiger partial charge in [0, 0.05) is 24.2 Å². The number of nitrogens with two attached hydrogens (primary N) is 1. The molecule has 2 aromatic heterocycles. The van der Waals surface area contributed by atoms with Crippen LogP contribution in [0.15, 0.2) is 54.6 Å². The number of likely N-dealkylation sites (tertiary alicyclic amines) is 1. The predicted molar refractivity (Wildman–Crippen MR) is 137 cm³/mol. The van der Waals surface area contributed by atoms with Gasteiger partial charge >= 0.3 is 18.2 Å². The number of pyridine rings is 1. The topological polar surface area (TPSA) is 113 Å². The number of carbonyl (C=O) groups excluding carboxylic acids is 1. The lowest BCUT2D eigenvalue weighted by molar-refractivity contribution is -0.181. The molecule has 0 radical (unpaired) electrons. The summed E-state index contributed by atoms with van der Waals surface area (Å²) >= 11 is 0. The van der Waals surface area contributed by atoms with Crippen molar-refractivity contribution < 1.29 is 27.9 Å². The number of rotatable bonds is 5. The van der Waals surface area contributed by atoms with E-state index < -0.39 is 24.2 Å². The Morgan fingerprint density at radius 2 is 1.87 bits per heavy atom. The second-order valence-corrected chi connectivity index (χ2v) is 9.37. The van der Waals surface area contributed by atoms with Gasteiger partial charge in [0.15, 0.2) is 0 Å². The highest BCUT2D eigenvalue weighted by molar-refractivity contribution is 5.96. The van der Waals surface area contributed by atoms with Gasteiger partial charge in [0.1, 0.15) is 17.4 Å². The number of fused-ring (bicyclic) bond motifs is 2. The van der Waals surface area contributed by atoms with E-state index in [-0.39, 0.29) is 31.7 Å². The number of aromatic carboxylic acids is 1. The third-order valence-corrected chi connectivity index (χ3v) is 6.90. The number of halogens is 3. The minimum Gasteiger partial charge on any atom is -0.477 e. The highest BCUT2D eigenvalue weighted by Gasteiger charge is 2.46. The van der Waals surface area contributed by atoms with Crippen LogP contribution >= 0.6 is 0 Å². The van der Waals surface area contributed by atoms with E-state index in [1.165, 1.54) is 6.07 Å². The number of benzene rings is 2. The molecule has 1 atom stereocenters. The first-order chi connectivity index (χ1) is 18.2. The number of carboxylic acid groups (broad SMARTS) is 1. The van der Waals surface area contributed by atoms with Crippen LogP contribution in [0.5, 0.6) is 0 Å². The summed E-state index contributed by atoms with van der Waals surface area (Å²) in [5.74, 6) is -1.13. The standard InChI is InChI=1S/C27H26F3N5O3/c28-27(29,30)23-7-3-4-10-34(23)26(38)33-20-11-16-5-1-2-6-21(16)18(12-20)15-35-22(25(36)37)13-17-8-9-19(14-31)32-24(17)35/h1-2,5-6,8-9,11-13,23H,3-4,7,10,14-15,31H2,(H,33,38)(H,36,37). The van der Waals surface area contributed by atoms with Crippen LogP contribution in [0.25, 0.3) is 21.8 Å². The van der Waals surface area contributed by atoms with E-state index in [0.717, 1.165) is 15.7 Å². The molecule has 1 unspecified atom stereocenters. The number of nitrogens with one attached hydrogen (secondary N) is 1. The van der Waals surface area contributed by atoms with Crippen molar-refractivity contribution in [1.82, 2.24) is 14.5 Å². The molecule has 1 aliphatic heterocycles. The Bertz CT molecular complexity index is 1530. The first kappa shape index (κ1) is 25.5. The quantitative estimate of drug-likeness (QED) is 0.325. The molecule has 0 bridgehead atoms. The Morgan fingerprint density at radius 1 is 1.08 bits per heavy atom. The maximum Gasteiger partial charge on any atom is 0.408 e. The van der Waals surface area contributed by atoms with Crippen LogP contribution < -0.4 is 11.1 Å². The molecule has 2 amide bonds. The molecule has 198 valence electrons. The molecule has 5 rings (SSSR count). The molecule has 3 heterocycles. The molecular formula is C27H26F3N5O3. The average molecular weight is 526 g/mol. The molecule has 0 saturated carbocycles. The molecule has 4 aromatic rings. The normalized spacial score (nSPS) is 16.2. The van der Waals surface area contributed by atoms with E-state index in [2.05, 4.69) is 10.3 Å². The number of alkyl halides is 3. The first-order valence-corrected chi connectivity index (χ1v) is 12.2. The summed E-state index contributed by atoms with van der Waals surface area (Å²) < 4.78 is 42.3. The van der Waals surface area contributed by atoms with E-state index >= 15 is 0 Å². The molecule has 8 nitrogen and oxygen atoms in total. The number of amides is 2. The van der Waals surface area contributed by atoms with Gasteiger partial charge in [-0.2, -0.15) is 13.2 Å². The molecule has 1 fully saturated rings. The van der Waals surface area contributed by atoms with Gasteiger partial charge in [0.05, 0.1) is 12.2 Å². The Morgan fingerprint density at radius 3 is 2.61 bits per heavy atom. The number of anilines is 1. The van der Waals surface area contributed by atoms with Gasteiger partial charge < -0.3 is 25.6 Å². The molecular weight excluding hydrogens is 499 g/mol. The van der Waals surface area contributed by atoms with Crippen LogP contribution in [0.1, 0.15) is 41.0 Å². The second kappa shape index (κ2) is 9.97. The van der Waals surface area contributed by atoms with E-state index in [4.69, 9.17) is 5.73 Å². The number of carbonyl (C=O) groups is 2. The number of piperidine rings is 1. The summed E-state index contributed by atoms with van der Waals surface area (Å²) in [5, 5.41) is 14.7. The fraction of sp³-hybridized carbons (Fsp3) is 0.296. The highest BCUT2D eigenvalue weighted by atomic mass is 19.4. The number of nitrogens with zero attached hydrogens (tertiary/aromatic N) is 3. The lowest BCUT2D eigenvalue weighted by Gasteiger charge is -2.36. The summed E-state index contributed by atoms with van der Waals surface area (Å²) in [6.07, 6.45) is -3.73. The summed E-state index contributed by atoms with van der Waals surface area (Å²) in [6, 6.07) is 13.1. The molecule has 4 N–H and O–H groups in total. The molecule has 0 aliphatic carbocycles. The smallest absolute Gasteiger partial charge is 0.408 e. The van der Waals surface area contributed by atoms with Crippen LogP contribution in [-0.4, -0.2) is 50.3 Å². The molecule has 2 aromatic carbocycles. The highest BCUT2D eigenvalue weighted by Crippen LogP contribution is 2.33. The van der Waals surface area contributed by atoms with Gasteiger partial charge in [-0.1, -0.05) is 24.3 Å². The fourth-order valence-corrected chi connectivity index (χ4v) is 5.09. The van der Waals surface area contributed by atoms with Crippen LogP contribution in [0.3, 0.4) is 0 Å². The zero-order valence-electron chi connectivity index (χ0n) is 20.3. The summed E-state index contributed by atoms with van der Waals surface area (Å²) in [5.41, 5.74) is 7.81. The average Bonchev–Trinajstić information content (AvgIpc) is 3.26. The van der Waals surface area contributed by atoms with Crippen LogP contribution in [0.2, 0.25) is 0 Å². The maximum absolute atomic E-state index is 13.6. The number of carboxylic acids is 1. The molecule has 1 saturated heterocycles. The van der Waals surface area contributed by atoms with Crippen molar-refractivity contribution >= 4 is 39.5 Å². The lowest BCUT2D eigenvalue weighted by atomic mass is 10.0. The largest absolute Gasteiger partial charge is 0.477 e. The van der Waals surface area contributed by atoms with Crippen molar-refractivity contribution in [1.29, 1.82) is 0 Å². The molecule has 1 aliphatic rings. The Kier molecular flexibility index (Phi) is 6.70. The SMILES string of the molecule is NCc1ccc2cc(C(=O)O)n(Cc3cc(NC(=O)N4CCCCC4C(F)(F)F)cc4ccccc34)c2n1. The minimum atomic E-state index is -4.51. The minimum absolute atomic E-state index is 0.0168. The first-order valence-electron chi connectivity index (χ1n) is 12.2. The van der Waals surface area contributed by atoms with Crippen molar-refractivity contribution in [2.45, 2.75) is 44.6 Å². The third-order valence-electron chi connectivity index (χ3n) is 6.90. The summed E-state index contributed by atoms with van der Waals surface area (Å²) in [7, 11) is 0. The zero-order valence-corrected chi connectivity index (χ0v) is 20.3. The predicted octanol–water partition coefficient (Wildman–Crippen LogP) is 5.34. The van der Waals surface area contributed by atoms with E-state index in [1.807, 2.05) is 24.3 Å². The summed E-state index contributed by atoms with van der Waals surface area (Å²) in [6.45, 7) is 0.303. The Balaban J connectivity index is 1.55. The Labute approximate surface area is 215 Å². The van der Waals surface area contributed by atoms with Crippen molar-refractivity contribution in [3.63, 3.8) is 0 Å². The van der Waals surface area contributed by atoms with Crippen LogP contribution in [0, 0.1) is 0 Å². The maximum atomic E-state index is 13.6. The molecule has 38 heavy (non-hydrogen) atoms. The van der Waals surface area contributed by atoms with Crippen molar-refractivity contribution in [3.05, 3.63) is 71.5 Å². The van der Waals surface area contributed by atoms with Gasteiger partial charge in [0.25, 0.3) is 0 Å². The van der Waals surface area contributed by atoms with Gasteiger partial charge in [-0.15, -0.1) is 0 Å². The number of hydrogen-bond acceptors (Lipinski definition) is 4. The Hall–Kier alpha value is -4.12. The second-order valence-electron chi connectivity index (χ2n) is 9.37. The van der Waals surface area contributed by atoms with Gasteiger partial charge in [-0.3, -0.25) is 0 Å². The van der Waals surface area contributed by atoms with Crippen molar-refractivity contribution in [2.75, 3.05) is 11.9 Å². The molecule has 11 heteroatoms. The number of urea groups is 1. The molecule has 0 spiro atoms.